The molecule has 1 fully saturated rings. The van der Waals surface area contributed by atoms with Crippen LogP contribution in [-0.4, -0.2) is 28.9 Å². The van der Waals surface area contributed by atoms with E-state index in [0.29, 0.717) is 18.2 Å². The fourth-order valence-electron chi connectivity index (χ4n) is 3.01. The number of nitrogens with zero attached hydrogens (tertiary/aromatic N) is 2. The van der Waals surface area contributed by atoms with Crippen molar-refractivity contribution in [3.05, 3.63) is 57.8 Å². The predicted octanol–water partition coefficient (Wildman–Crippen LogP) is 4.76. The summed E-state index contributed by atoms with van der Waals surface area (Å²) in [5, 5.41) is 0.585. The zero-order chi connectivity index (χ0) is 17.1. The quantitative estimate of drug-likeness (QED) is 0.734. The Kier molecular flexibility index (Phi) is 5.27. The molecule has 4 nitrogen and oxygen atoms in total. The highest BCUT2D eigenvalue weighted by atomic mass is 35.5. The van der Waals surface area contributed by atoms with Crippen molar-refractivity contribution in [3.8, 4) is 5.75 Å². The van der Waals surface area contributed by atoms with Crippen molar-refractivity contribution >= 4 is 29.1 Å². The van der Waals surface area contributed by atoms with Crippen LogP contribution in [0.15, 0.2) is 36.4 Å². The lowest BCUT2D eigenvalue weighted by atomic mass is 10.0. The summed E-state index contributed by atoms with van der Waals surface area (Å²) < 4.78 is 5.47. The first-order valence-corrected chi connectivity index (χ1v) is 8.71. The van der Waals surface area contributed by atoms with Crippen LogP contribution in [0, 0.1) is 0 Å². The van der Waals surface area contributed by atoms with Gasteiger partial charge in [0.1, 0.15) is 16.6 Å². The monoisotopic (exact) mass is 364 g/mol. The molecule has 0 radical (unpaired) electrons. The first-order valence-electron chi connectivity index (χ1n) is 7.96. The molecule has 2 heterocycles. The number of rotatable bonds is 4. The number of aromatic nitrogens is 1. The highest BCUT2D eigenvalue weighted by Crippen LogP contribution is 2.34. The molecule has 3 rings (SSSR count). The van der Waals surface area contributed by atoms with Gasteiger partial charge in [0.15, 0.2) is 0 Å². The molecule has 0 bridgehead atoms. The molecule has 1 unspecified atom stereocenters. The van der Waals surface area contributed by atoms with Crippen molar-refractivity contribution in [2.24, 2.45) is 0 Å². The summed E-state index contributed by atoms with van der Waals surface area (Å²) in [6.07, 6.45) is 1.86. The standard InChI is InChI=1S/C18H18Cl2N2O2/c1-2-24-13-7-5-12(6-8-13)15-4-3-11-22(15)18(23)17-14(19)9-10-16(20)21-17/h5-10,15H,2-4,11H2,1H3. The van der Waals surface area contributed by atoms with Crippen LogP contribution in [-0.2, 0) is 0 Å². The average Bonchev–Trinajstić information content (AvgIpc) is 3.07. The molecule has 0 saturated carbocycles. The lowest BCUT2D eigenvalue weighted by Gasteiger charge is -2.25. The van der Waals surface area contributed by atoms with Gasteiger partial charge in [0, 0.05) is 6.54 Å². The number of benzene rings is 1. The average molecular weight is 365 g/mol. The minimum absolute atomic E-state index is 0.0185. The summed E-state index contributed by atoms with van der Waals surface area (Å²) in [5.41, 5.74) is 1.30. The van der Waals surface area contributed by atoms with Gasteiger partial charge in [-0.05, 0) is 49.6 Å². The number of carbonyl (C=O) groups excluding carboxylic acids is 1. The Morgan fingerprint density at radius 3 is 2.71 bits per heavy atom. The van der Waals surface area contributed by atoms with Crippen molar-refractivity contribution in [2.75, 3.05) is 13.2 Å². The molecule has 0 spiro atoms. The van der Waals surface area contributed by atoms with Crippen molar-refractivity contribution in [3.63, 3.8) is 0 Å². The molecular formula is C18H18Cl2N2O2. The van der Waals surface area contributed by atoms with Gasteiger partial charge in [-0.2, -0.15) is 0 Å². The molecule has 1 amide bonds. The highest BCUT2D eigenvalue weighted by Gasteiger charge is 2.32. The van der Waals surface area contributed by atoms with Crippen molar-refractivity contribution in [1.29, 1.82) is 0 Å². The third-order valence-corrected chi connectivity index (χ3v) is 4.62. The summed E-state index contributed by atoms with van der Waals surface area (Å²) in [4.78, 5) is 18.8. The van der Waals surface area contributed by atoms with Crippen LogP contribution in [0.1, 0.15) is 41.9 Å². The molecule has 24 heavy (non-hydrogen) atoms. The lowest BCUT2D eigenvalue weighted by molar-refractivity contribution is 0.0730. The molecule has 1 aliphatic heterocycles. The number of ether oxygens (including phenoxy) is 1. The molecule has 1 atom stereocenters. The summed E-state index contributed by atoms with van der Waals surface area (Å²) in [5.74, 6) is 0.649. The number of halogens is 2. The smallest absolute Gasteiger partial charge is 0.274 e. The molecule has 126 valence electrons. The van der Waals surface area contributed by atoms with Crippen LogP contribution in [0.25, 0.3) is 0 Å². The molecular weight excluding hydrogens is 347 g/mol. The second-order valence-corrected chi connectivity index (χ2v) is 6.42. The summed E-state index contributed by atoms with van der Waals surface area (Å²) in [6, 6.07) is 11.1. The van der Waals surface area contributed by atoms with E-state index in [0.717, 1.165) is 24.2 Å². The molecule has 2 aromatic rings. The SMILES string of the molecule is CCOc1ccc(C2CCCN2C(=O)c2nc(Cl)ccc2Cl)cc1. The highest BCUT2D eigenvalue weighted by molar-refractivity contribution is 6.34. The third-order valence-electron chi connectivity index (χ3n) is 4.10. The molecule has 1 aromatic carbocycles. The van der Waals surface area contributed by atoms with E-state index in [1.807, 2.05) is 36.1 Å². The van der Waals surface area contributed by atoms with Crippen LogP contribution in [0.4, 0.5) is 0 Å². The van der Waals surface area contributed by atoms with Gasteiger partial charge in [-0.3, -0.25) is 4.79 Å². The Labute approximate surface area is 151 Å². The summed E-state index contributed by atoms with van der Waals surface area (Å²) in [6.45, 7) is 3.26. The van der Waals surface area contributed by atoms with Crippen molar-refractivity contribution in [2.45, 2.75) is 25.8 Å². The van der Waals surface area contributed by atoms with Gasteiger partial charge >= 0.3 is 0 Å². The maximum Gasteiger partial charge on any atom is 0.274 e. The van der Waals surface area contributed by atoms with E-state index < -0.39 is 0 Å². The second kappa shape index (κ2) is 7.41. The number of hydrogen-bond acceptors (Lipinski definition) is 3. The van der Waals surface area contributed by atoms with Crippen molar-refractivity contribution in [1.82, 2.24) is 9.88 Å². The largest absolute Gasteiger partial charge is 0.494 e. The summed E-state index contributed by atoms with van der Waals surface area (Å²) >= 11 is 12.0. The van der Waals surface area contributed by atoms with Crippen LogP contribution >= 0.6 is 23.2 Å². The second-order valence-electron chi connectivity index (χ2n) is 5.62. The van der Waals surface area contributed by atoms with E-state index in [2.05, 4.69) is 4.98 Å². The van der Waals surface area contributed by atoms with Crippen LogP contribution in [0.3, 0.4) is 0 Å². The van der Waals surface area contributed by atoms with Gasteiger partial charge in [0.05, 0.1) is 17.7 Å². The van der Waals surface area contributed by atoms with Gasteiger partial charge in [-0.15, -0.1) is 0 Å². The predicted molar refractivity (Wildman–Crippen MR) is 94.9 cm³/mol. The Morgan fingerprint density at radius 2 is 2.00 bits per heavy atom. The third kappa shape index (κ3) is 3.50. The van der Waals surface area contributed by atoms with Gasteiger partial charge in [0.25, 0.3) is 5.91 Å². The van der Waals surface area contributed by atoms with E-state index in [4.69, 9.17) is 27.9 Å². The Morgan fingerprint density at radius 1 is 1.25 bits per heavy atom. The van der Waals surface area contributed by atoms with Gasteiger partial charge in [0.2, 0.25) is 0 Å². The number of hydrogen-bond donors (Lipinski definition) is 0. The molecule has 1 saturated heterocycles. The van der Waals surface area contributed by atoms with E-state index in [9.17, 15) is 4.79 Å². The first-order chi connectivity index (χ1) is 11.6. The van der Waals surface area contributed by atoms with E-state index in [1.54, 1.807) is 12.1 Å². The maximum absolute atomic E-state index is 12.9. The Hall–Kier alpha value is -1.78. The topological polar surface area (TPSA) is 42.4 Å². The minimum Gasteiger partial charge on any atom is -0.494 e. The van der Waals surface area contributed by atoms with Gasteiger partial charge in [-0.25, -0.2) is 4.98 Å². The summed E-state index contributed by atoms with van der Waals surface area (Å²) in [7, 11) is 0. The molecule has 6 heteroatoms. The number of carbonyl (C=O) groups is 1. The zero-order valence-corrected chi connectivity index (χ0v) is 14.8. The molecule has 0 N–H and O–H groups in total. The van der Waals surface area contributed by atoms with Crippen LogP contribution in [0.2, 0.25) is 10.2 Å². The number of likely N-dealkylation sites (tertiary alicyclic amines) is 1. The van der Waals surface area contributed by atoms with Crippen LogP contribution in [0.5, 0.6) is 5.75 Å². The fourth-order valence-corrected chi connectivity index (χ4v) is 3.35. The Balaban J connectivity index is 1.84. The normalized spacial score (nSPS) is 17.1. The number of amides is 1. The van der Waals surface area contributed by atoms with E-state index >= 15 is 0 Å². The van der Waals surface area contributed by atoms with E-state index in [1.165, 1.54) is 0 Å². The fraction of sp³-hybridized carbons (Fsp3) is 0.333. The number of pyridine rings is 1. The van der Waals surface area contributed by atoms with Crippen molar-refractivity contribution < 1.29 is 9.53 Å². The molecule has 1 aliphatic rings. The lowest BCUT2D eigenvalue weighted by Crippen LogP contribution is -2.31. The molecule has 1 aromatic heterocycles. The first kappa shape index (κ1) is 17.1. The van der Waals surface area contributed by atoms with Gasteiger partial charge < -0.3 is 9.64 Å². The zero-order valence-electron chi connectivity index (χ0n) is 13.3. The van der Waals surface area contributed by atoms with E-state index in [-0.39, 0.29) is 22.8 Å². The minimum atomic E-state index is -0.182. The van der Waals surface area contributed by atoms with Crippen LogP contribution < -0.4 is 4.74 Å². The maximum atomic E-state index is 12.9. The van der Waals surface area contributed by atoms with Gasteiger partial charge in [-0.1, -0.05) is 35.3 Å². The molecule has 0 aliphatic carbocycles. The Bertz CT molecular complexity index is 734.